The molecule has 0 radical (unpaired) electrons. The summed E-state index contributed by atoms with van der Waals surface area (Å²) in [6, 6.07) is 20.2. The number of hydrogen-bond donors (Lipinski definition) is 0. The van der Waals surface area contributed by atoms with Gasteiger partial charge in [-0.25, -0.2) is 0 Å². The van der Waals surface area contributed by atoms with Gasteiger partial charge in [0, 0.05) is 39.3 Å². The zero-order chi connectivity index (χ0) is 19.8. The smallest absolute Gasteiger partial charge is 0.236 e. The maximum Gasteiger partial charge on any atom is 0.236 e. The Labute approximate surface area is 167 Å². The summed E-state index contributed by atoms with van der Waals surface area (Å²) in [6.45, 7) is 5.56. The van der Waals surface area contributed by atoms with Crippen molar-refractivity contribution in [1.29, 1.82) is 5.26 Å². The molecule has 0 spiro atoms. The lowest BCUT2D eigenvalue weighted by Gasteiger charge is -2.24. The van der Waals surface area contributed by atoms with E-state index in [2.05, 4.69) is 28.0 Å². The summed E-state index contributed by atoms with van der Waals surface area (Å²) in [7, 11) is 2.00. The van der Waals surface area contributed by atoms with Crippen molar-refractivity contribution in [2.45, 2.75) is 19.5 Å². The molecule has 5 heteroatoms. The second kappa shape index (κ2) is 10.0. The van der Waals surface area contributed by atoms with E-state index in [1.54, 1.807) is 0 Å². The number of hydrogen-bond acceptors (Lipinski definition) is 4. The van der Waals surface area contributed by atoms with Crippen LogP contribution < -0.4 is 0 Å². The van der Waals surface area contributed by atoms with E-state index in [1.807, 2.05) is 54.4 Å². The van der Waals surface area contributed by atoms with Crippen LogP contribution in [0.1, 0.15) is 23.1 Å². The molecule has 2 aromatic carbocycles. The van der Waals surface area contributed by atoms with Crippen LogP contribution in [0.4, 0.5) is 0 Å². The van der Waals surface area contributed by atoms with Gasteiger partial charge in [-0.1, -0.05) is 42.5 Å². The Morgan fingerprint density at radius 3 is 2.46 bits per heavy atom. The lowest BCUT2D eigenvalue weighted by molar-refractivity contribution is -0.132. The van der Waals surface area contributed by atoms with E-state index in [4.69, 9.17) is 5.26 Å². The number of likely N-dealkylation sites (N-methyl/N-ethyl adjacent to an activating group) is 1. The second-order valence-electron chi connectivity index (χ2n) is 7.48. The van der Waals surface area contributed by atoms with Crippen LogP contribution in [0.25, 0.3) is 0 Å². The fourth-order valence-corrected chi connectivity index (χ4v) is 3.60. The highest BCUT2D eigenvalue weighted by Gasteiger charge is 2.20. The molecule has 0 N–H and O–H groups in total. The van der Waals surface area contributed by atoms with Gasteiger partial charge in [0.1, 0.15) is 0 Å². The van der Waals surface area contributed by atoms with E-state index in [1.165, 1.54) is 11.1 Å². The molecule has 146 valence electrons. The molecule has 0 aromatic heterocycles. The molecule has 1 amide bonds. The van der Waals surface area contributed by atoms with Crippen molar-refractivity contribution in [1.82, 2.24) is 14.7 Å². The van der Waals surface area contributed by atoms with Crippen molar-refractivity contribution in [2.75, 3.05) is 39.8 Å². The zero-order valence-corrected chi connectivity index (χ0v) is 16.6. The van der Waals surface area contributed by atoms with Gasteiger partial charge in [0.2, 0.25) is 5.91 Å². The van der Waals surface area contributed by atoms with Crippen LogP contribution >= 0.6 is 0 Å². The van der Waals surface area contributed by atoms with Crippen LogP contribution in [0.5, 0.6) is 0 Å². The van der Waals surface area contributed by atoms with E-state index < -0.39 is 0 Å². The first kappa shape index (κ1) is 20.1. The van der Waals surface area contributed by atoms with Gasteiger partial charge < -0.3 is 4.90 Å². The molecule has 0 atom stereocenters. The fourth-order valence-electron chi connectivity index (χ4n) is 3.60. The molecule has 2 aromatic rings. The molecule has 1 fully saturated rings. The molecular formula is C23H28N4O. The van der Waals surface area contributed by atoms with Gasteiger partial charge in [-0.15, -0.1) is 0 Å². The fraction of sp³-hybridized carbons (Fsp3) is 0.391. The predicted octanol–water partition coefficient (Wildman–Crippen LogP) is 2.72. The quantitative estimate of drug-likeness (QED) is 0.778. The van der Waals surface area contributed by atoms with Crippen LogP contribution in [0.2, 0.25) is 0 Å². The minimum Gasteiger partial charge on any atom is -0.340 e. The third kappa shape index (κ3) is 5.91. The van der Waals surface area contributed by atoms with Crippen molar-refractivity contribution in [2.24, 2.45) is 0 Å². The summed E-state index contributed by atoms with van der Waals surface area (Å²) in [6.07, 6.45) is 0.990. The molecular weight excluding hydrogens is 348 g/mol. The minimum absolute atomic E-state index is 0.207. The van der Waals surface area contributed by atoms with E-state index in [9.17, 15) is 4.79 Å². The average Bonchev–Trinajstić information content (AvgIpc) is 2.95. The van der Waals surface area contributed by atoms with Crippen LogP contribution in [0.15, 0.2) is 54.6 Å². The molecule has 5 nitrogen and oxygen atoms in total. The molecule has 0 bridgehead atoms. The van der Waals surface area contributed by atoms with E-state index >= 15 is 0 Å². The second-order valence-corrected chi connectivity index (χ2v) is 7.48. The van der Waals surface area contributed by atoms with Crippen molar-refractivity contribution in [3.8, 4) is 6.07 Å². The van der Waals surface area contributed by atoms with E-state index in [-0.39, 0.29) is 5.91 Å². The van der Waals surface area contributed by atoms with Crippen LogP contribution in [-0.2, 0) is 17.9 Å². The first-order valence-corrected chi connectivity index (χ1v) is 9.85. The Morgan fingerprint density at radius 1 is 1.00 bits per heavy atom. The van der Waals surface area contributed by atoms with Crippen LogP contribution in [0.3, 0.4) is 0 Å². The van der Waals surface area contributed by atoms with Crippen molar-refractivity contribution in [3.63, 3.8) is 0 Å². The molecule has 0 aliphatic carbocycles. The standard InChI is InChI=1S/C23H28N4O/c1-25(17-21-6-3-2-4-7-21)19-23(28)27-13-5-12-26(14-15-27)18-22-10-8-20(16-24)9-11-22/h2-4,6-11H,5,12-15,17-19H2,1H3. The predicted molar refractivity (Wildman–Crippen MR) is 110 cm³/mol. The first-order valence-electron chi connectivity index (χ1n) is 9.85. The van der Waals surface area contributed by atoms with Crippen LogP contribution in [-0.4, -0.2) is 60.4 Å². The third-order valence-electron chi connectivity index (χ3n) is 5.13. The first-order chi connectivity index (χ1) is 13.6. The third-order valence-corrected chi connectivity index (χ3v) is 5.13. The number of benzene rings is 2. The molecule has 1 aliphatic rings. The summed E-state index contributed by atoms with van der Waals surface area (Å²) in [5, 5.41) is 8.91. The Kier molecular flexibility index (Phi) is 7.18. The van der Waals surface area contributed by atoms with Crippen molar-refractivity contribution < 1.29 is 4.79 Å². The number of amides is 1. The highest BCUT2D eigenvalue weighted by molar-refractivity contribution is 5.78. The summed E-state index contributed by atoms with van der Waals surface area (Å²) in [5.41, 5.74) is 3.12. The van der Waals surface area contributed by atoms with Gasteiger partial charge in [0.15, 0.2) is 0 Å². The summed E-state index contributed by atoms with van der Waals surface area (Å²) < 4.78 is 0. The largest absolute Gasteiger partial charge is 0.340 e. The zero-order valence-electron chi connectivity index (χ0n) is 16.6. The van der Waals surface area contributed by atoms with Gasteiger partial charge in [0.05, 0.1) is 18.2 Å². The minimum atomic E-state index is 0.207. The van der Waals surface area contributed by atoms with E-state index in [0.717, 1.165) is 45.7 Å². The monoisotopic (exact) mass is 376 g/mol. The summed E-state index contributed by atoms with van der Waals surface area (Å²) in [4.78, 5) is 19.2. The van der Waals surface area contributed by atoms with Gasteiger partial charge in [0.25, 0.3) is 0 Å². The maximum absolute atomic E-state index is 12.7. The highest BCUT2D eigenvalue weighted by Crippen LogP contribution is 2.11. The Balaban J connectivity index is 1.47. The number of rotatable bonds is 6. The van der Waals surface area contributed by atoms with Gasteiger partial charge in [-0.3, -0.25) is 14.6 Å². The number of carbonyl (C=O) groups is 1. The molecule has 0 unspecified atom stereocenters. The lowest BCUT2D eigenvalue weighted by Crippen LogP contribution is -2.40. The van der Waals surface area contributed by atoms with Gasteiger partial charge in [-0.2, -0.15) is 5.26 Å². The Hall–Kier alpha value is -2.68. The van der Waals surface area contributed by atoms with Crippen LogP contribution in [0, 0.1) is 11.3 Å². The SMILES string of the molecule is CN(CC(=O)N1CCCN(Cc2ccc(C#N)cc2)CC1)Cc1ccccc1. The topological polar surface area (TPSA) is 50.6 Å². The summed E-state index contributed by atoms with van der Waals surface area (Å²) in [5.74, 6) is 0.207. The molecule has 1 aliphatic heterocycles. The average molecular weight is 377 g/mol. The normalized spacial score (nSPS) is 15.2. The molecule has 3 rings (SSSR count). The van der Waals surface area contributed by atoms with Gasteiger partial charge >= 0.3 is 0 Å². The Morgan fingerprint density at radius 2 is 1.75 bits per heavy atom. The molecule has 1 heterocycles. The van der Waals surface area contributed by atoms with Crippen molar-refractivity contribution >= 4 is 5.91 Å². The van der Waals surface area contributed by atoms with Crippen molar-refractivity contribution in [3.05, 3.63) is 71.3 Å². The highest BCUT2D eigenvalue weighted by atomic mass is 16.2. The number of carbonyl (C=O) groups excluding carboxylic acids is 1. The Bertz CT molecular complexity index is 798. The lowest BCUT2D eigenvalue weighted by atomic mass is 10.1. The molecule has 1 saturated heterocycles. The molecule has 0 saturated carbocycles. The number of nitriles is 1. The maximum atomic E-state index is 12.7. The number of nitrogens with zero attached hydrogens (tertiary/aromatic N) is 4. The summed E-state index contributed by atoms with van der Waals surface area (Å²) >= 11 is 0. The molecule has 28 heavy (non-hydrogen) atoms. The van der Waals surface area contributed by atoms with Gasteiger partial charge in [-0.05, 0) is 36.7 Å². The van der Waals surface area contributed by atoms with E-state index in [0.29, 0.717) is 12.1 Å².